The number of guanidine groups is 1. The second-order valence-electron chi connectivity index (χ2n) is 6.78. The molecule has 2 atom stereocenters. The first kappa shape index (κ1) is 23.3. The molecule has 0 amide bonds. The molecule has 160 valence electrons. The zero-order chi connectivity index (χ0) is 19.9. The van der Waals surface area contributed by atoms with E-state index in [9.17, 15) is 9.50 Å². The van der Waals surface area contributed by atoms with E-state index in [2.05, 4.69) is 25.7 Å². The number of aryl methyl sites for hydroxylation is 2. The van der Waals surface area contributed by atoms with Crippen molar-refractivity contribution >= 4 is 29.9 Å². The van der Waals surface area contributed by atoms with Gasteiger partial charge in [0.1, 0.15) is 35.9 Å². The molecule has 3 N–H and O–H groups in total. The predicted octanol–water partition coefficient (Wildman–Crippen LogP) is 1.65. The topological polar surface area (TPSA) is 96.6 Å². The van der Waals surface area contributed by atoms with Gasteiger partial charge in [-0.3, -0.25) is 4.99 Å². The van der Waals surface area contributed by atoms with Gasteiger partial charge in [0, 0.05) is 19.0 Å². The Morgan fingerprint density at radius 1 is 1.41 bits per heavy atom. The molecule has 1 aliphatic heterocycles. The number of aliphatic hydroxyl groups is 1. The molecule has 0 bridgehead atoms. The molecule has 0 saturated carbocycles. The fourth-order valence-corrected chi connectivity index (χ4v) is 3.04. The molecule has 0 aliphatic carbocycles. The maximum atomic E-state index is 12.9. The van der Waals surface area contributed by atoms with Crippen LogP contribution in [0, 0.1) is 12.7 Å². The lowest BCUT2D eigenvalue weighted by Gasteiger charge is -2.25. The average Bonchev–Trinajstić information content (AvgIpc) is 3.05. The number of nitrogens with zero attached hydrogens (tertiary/aromatic N) is 4. The van der Waals surface area contributed by atoms with Crippen LogP contribution in [0.5, 0.6) is 5.75 Å². The molecule has 0 saturated heterocycles. The van der Waals surface area contributed by atoms with Crippen LogP contribution in [0.25, 0.3) is 0 Å². The molecule has 2 unspecified atom stereocenters. The van der Waals surface area contributed by atoms with Gasteiger partial charge in [-0.2, -0.15) is 5.10 Å². The molecule has 1 aromatic heterocycles. The molecule has 2 heterocycles. The van der Waals surface area contributed by atoms with Crippen LogP contribution in [0.1, 0.15) is 25.0 Å². The summed E-state index contributed by atoms with van der Waals surface area (Å²) in [5.74, 6) is 2.64. The molecule has 1 aromatic carbocycles. The highest BCUT2D eigenvalue weighted by Crippen LogP contribution is 2.13. The third kappa shape index (κ3) is 7.11. The van der Waals surface area contributed by atoms with Crippen LogP contribution in [0.2, 0.25) is 0 Å². The zero-order valence-corrected chi connectivity index (χ0v) is 19.0. The summed E-state index contributed by atoms with van der Waals surface area (Å²) in [5, 5.41) is 21.1. The molecule has 0 radical (unpaired) electrons. The maximum absolute atomic E-state index is 12.9. The number of nitrogens with one attached hydrogen (secondary N) is 2. The number of aliphatic imine (C=N–C) groups is 1. The van der Waals surface area contributed by atoms with Gasteiger partial charge in [0.15, 0.2) is 5.96 Å². The smallest absolute Gasteiger partial charge is 0.191 e. The largest absolute Gasteiger partial charge is 0.491 e. The lowest BCUT2D eigenvalue weighted by atomic mass is 10.1. The Kier molecular flexibility index (Phi) is 9.08. The van der Waals surface area contributed by atoms with Crippen molar-refractivity contribution in [3.05, 3.63) is 41.7 Å². The van der Waals surface area contributed by atoms with Gasteiger partial charge in [-0.05, 0) is 44.5 Å². The van der Waals surface area contributed by atoms with Gasteiger partial charge in [0.25, 0.3) is 0 Å². The summed E-state index contributed by atoms with van der Waals surface area (Å²) in [6.07, 6.45) is 1.04. The SMILES string of the molecule is CCNC(=NCC(O)COc1ccc(F)cc1)NC1CCc2nc(C)nn2C1.I. The van der Waals surface area contributed by atoms with Crippen molar-refractivity contribution in [1.82, 2.24) is 25.4 Å². The summed E-state index contributed by atoms with van der Waals surface area (Å²) in [5.41, 5.74) is 0. The first-order valence-electron chi connectivity index (χ1n) is 9.55. The monoisotopic (exact) mass is 518 g/mol. The second kappa shape index (κ2) is 11.3. The molecule has 1 aliphatic rings. The Balaban J connectivity index is 0.00000300. The number of hydrogen-bond acceptors (Lipinski definition) is 5. The Bertz CT molecular complexity index is 798. The van der Waals surface area contributed by atoms with Crippen molar-refractivity contribution < 1.29 is 14.2 Å². The number of rotatable bonds is 7. The van der Waals surface area contributed by atoms with E-state index >= 15 is 0 Å². The summed E-state index contributed by atoms with van der Waals surface area (Å²) >= 11 is 0. The van der Waals surface area contributed by atoms with E-state index in [1.165, 1.54) is 24.3 Å². The summed E-state index contributed by atoms with van der Waals surface area (Å²) in [4.78, 5) is 8.88. The number of benzene rings is 1. The van der Waals surface area contributed by atoms with Crippen molar-refractivity contribution in [2.24, 2.45) is 4.99 Å². The van der Waals surface area contributed by atoms with Crippen LogP contribution in [0.4, 0.5) is 4.39 Å². The minimum absolute atomic E-state index is 0. The Labute approximate surface area is 187 Å². The first-order chi connectivity index (χ1) is 13.5. The summed E-state index contributed by atoms with van der Waals surface area (Å²) < 4.78 is 20.3. The van der Waals surface area contributed by atoms with Crippen molar-refractivity contribution in [2.45, 2.75) is 45.4 Å². The Morgan fingerprint density at radius 2 is 2.17 bits per heavy atom. The third-order valence-corrected chi connectivity index (χ3v) is 4.37. The number of hydrogen-bond donors (Lipinski definition) is 3. The quantitative estimate of drug-likeness (QED) is 0.293. The van der Waals surface area contributed by atoms with Gasteiger partial charge in [0.05, 0.1) is 13.1 Å². The van der Waals surface area contributed by atoms with Gasteiger partial charge >= 0.3 is 0 Å². The van der Waals surface area contributed by atoms with Crippen molar-refractivity contribution in [3.63, 3.8) is 0 Å². The molecule has 29 heavy (non-hydrogen) atoms. The van der Waals surface area contributed by atoms with Gasteiger partial charge in [-0.1, -0.05) is 0 Å². The highest BCUT2D eigenvalue weighted by Gasteiger charge is 2.21. The van der Waals surface area contributed by atoms with Crippen LogP contribution < -0.4 is 15.4 Å². The number of aliphatic hydroxyl groups excluding tert-OH is 1. The van der Waals surface area contributed by atoms with Crippen LogP contribution in [0.15, 0.2) is 29.3 Å². The first-order valence-corrected chi connectivity index (χ1v) is 9.55. The number of ether oxygens (including phenoxy) is 1. The highest BCUT2D eigenvalue weighted by molar-refractivity contribution is 14.0. The third-order valence-electron chi connectivity index (χ3n) is 4.37. The molecule has 0 fully saturated rings. The summed E-state index contributed by atoms with van der Waals surface area (Å²) in [6.45, 7) is 5.61. The van der Waals surface area contributed by atoms with Gasteiger partial charge < -0.3 is 20.5 Å². The summed E-state index contributed by atoms with van der Waals surface area (Å²) in [6, 6.07) is 5.89. The van der Waals surface area contributed by atoms with Crippen molar-refractivity contribution in [1.29, 1.82) is 0 Å². The number of fused-ring (bicyclic) bond motifs is 1. The van der Waals surface area contributed by atoms with Crippen LogP contribution in [-0.2, 0) is 13.0 Å². The van der Waals surface area contributed by atoms with Crippen molar-refractivity contribution in [3.8, 4) is 5.75 Å². The number of halogens is 2. The Morgan fingerprint density at radius 3 is 2.90 bits per heavy atom. The second-order valence-corrected chi connectivity index (χ2v) is 6.78. The molecule has 0 spiro atoms. The van der Waals surface area contributed by atoms with E-state index < -0.39 is 6.10 Å². The van der Waals surface area contributed by atoms with Crippen LogP contribution in [0.3, 0.4) is 0 Å². The van der Waals surface area contributed by atoms with E-state index in [0.717, 1.165) is 31.0 Å². The minimum Gasteiger partial charge on any atom is -0.491 e. The highest BCUT2D eigenvalue weighted by atomic mass is 127. The lowest BCUT2D eigenvalue weighted by Crippen LogP contribution is -2.47. The normalized spacial score (nSPS) is 17.1. The van der Waals surface area contributed by atoms with E-state index in [1.807, 2.05) is 18.5 Å². The summed E-state index contributed by atoms with van der Waals surface area (Å²) in [7, 11) is 0. The standard InChI is InChI=1S/C19H27FN6O2.HI/c1-3-21-19(24-15-6-9-18-23-13(2)25-26(18)11-15)22-10-16(27)12-28-17-7-4-14(20)5-8-17;/h4-5,7-8,15-16,27H,3,6,9-12H2,1-2H3,(H2,21,22,24);1H. The molecular weight excluding hydrogens is 490 g/mol. The predicted molar refractivity (Wildman–Crippen MR) is 119 cm³/mol. The van der Waals surface area contributed by atoms with Gasteiger partial charge in [-0.15, -0.1) is 24.0 Å². The van der Waals surface area contributed by atoms with E-state index in [1.54, 1.807) is 0 Å². The lowest BCUT2D eigenvalue weighted by molar-refractivity contribution is 0.114. The van der Waals surface area contributed by atoms with Gasteiger partial charge in [0.2, 0.25) is 0 Å². The fourth-order valence-electron chi connectivity index (χ4n) is 3.04. The average molecular weight is 518 g/mol. The fraction of sp³-hybridized carbons (Fsp3) is 0.526. The molecule has 10 heteroatoms. The van der Waals surface area contributed by atoms with Crippen LogP contribution in [-0.4, -0.2) is 57.7 Å². The minimum atomic E-state index is -0.767. The Hall–Kier alpha value is -1.95. The number of aromatic nitrogens is 3. The molecule has 2 aromatic rings. The van der Waals surface area contributed by atoms with E-state index in [-0.39, 0.29) is 49.0 Å². The van der Waals surface area contributed by atoms with Gasteiger partial charge in [-0.25, -0.2) is 14.1 Å². The van der Waals surface area contributed by atoms with Crippen LogP contribution >= 0.6 is 24.0 Å². The molecular formula is C19H28FIN6O2. The zero-order valence-electron chi connectivity index (χ0n) is 16.6. The van der Waals surface area contributed by atoms with Crippen molar-refractivity contribution in [2.75, 3.05) is 19.7 Å². The molecule has 3 rings (SSSR count). The van der Waals surface area contributed by atoms with E-state index in [4.69, 9.17) is 4.74 Å². The maximum Gasteiger partial charge on any atom is 0.191 e. The molecule has 8 nitrogen and oxygen atoms in total. The van der Waals surface area contributed by atoms with E-state index in [0.29, 0.717) is 18.3 Å².